The van der Waals surface area contributed by atoms with Crippen LogP contribution in [0.5, 0.6) is 0 Å². The Hall–Kier alpha value is -1.83. The van der Waals surface area contributed by atoms with Crippen molar-refractivity contribution in [2.24, 2.45) is 0 Å². The van der Waals surface area contributed by atoms with Crippen molar-refractivity contribution in [3.63, 3.8) is 0 Å². The predicted molar refractivity (Wildman–Crippen MR) is 72.2 cm³/mol. The second-order valence-electron chi connectivity index (χ2n) is 4.57. The first-order chi connectivity index (χ1) is 8.72. The van der Waals surface area contributed by atoms with Gasteiger partial charge in [0.2, 0.25) is 0 Å². The third kappa shape index (κ3) is 2.70. The second-order valence-corrected chi connectivity index (χ2v) is 4.57. The van der Waals surface area contributed by atoms with E-state index in [0.717, 1.165) is 30.4 Å². The highest BCUT2D eigenvalue weighted by atomic mass is 16.5. The first kappa shape index (κ1) is 12.6. The topological polar surface area (TPSA) is 26.3 Å². The summed E-state index contributed by atoms with van der Waals surface area (Å²) in [7, 11) is 0. The van der Waals surface area contributed by atoms with Crippen LogP contribution in [0.15, 0.2) is 54.1 Å². The van der Waals surface area contributed by atoms with Crippen LogP contribution in [0.1, 0.15) is 25.3 Å². The minimum atomic E-state index is -0.171. The Balaban J connectivity index is 2.16. The molecule has 2 rings (SSSR count). The first-order valence-corrected chi connectivity index (χ1v) is 6.28. The Morgan fingerprint density at radius 2 is 2.06 bits per heavy atom. The molecule has 0 saturated heterocycles. The SMILES string of the molecule is C=CCCC1OC(=O)C(C)=C1Cc1ccccc1. The average molecular weight is 242 g/mol. The van der Waals surface area contributed by atoms with Gasteiger partial charge >= 0.3 is 5.97 Å². The van der Waals surface area contributed by atoms with Crippen LogP contribution in [0.25, 0.3) is 0 Å². The molecule has 0 aliphatic carbocycles. The number of esters is 1. The van der Waals surface area contributed by atoms with Gasteiger partial charge in [0, 0.05) is 5.57 Å². The number of cyclic esters (lactones) is 1. The third-order valence-electron chi connectivity index (χ3n) is 3.30. The molecule has 94 valence electrons. The second kappa shape index (κ2) is 5.67. The van der Waals surface area contributed by atoms with E-state index in [-0.39, 0.29) is 12.1 Å². The molecule has 18 heavy (non-hydrogen) atoms. The van der Waals surface area contributed by atoms with Crippen LogP contribution in [0.3, 0.4) is 0 Å². The molecule has 0 radical (unpaired) electrons. The van der Waals surface area contributed by atoms with Gasteiger partial charge in [-0.2, -0.15) is 0 Å². The van der Waals surface area contributed by atoms with Gasteiger partial charge in [0.1, 0.15) is 6.10 Å². The van der Waals surface area contributed by atoms with Crippen molar-refractivity contribution in [2.45, 2.75) is 32.3 Å². The van der Waals surface area contributed by atoms with Crippen LogP contribution in [-0.4, -0.2) is 12.1 Å². The number of carbonyl (C=O) groups excluding carboxylic acids is 1. The van der Waals surface area contributed by atoms with Gasteiger partial charge in [-0.3, -0.25) is 0 Å². The van der Waals surface area contributed by atoms with E-state index in [1.807, 2.05) is 31.2 Å². The minimum Gasteiger partial charge on any atom is -0.454 e. The zero-order valence-electron chi connectivity index (χ0n) is 10.7. The van der Waals surface area contributed by atoms with Crippen molar-refractivity contribution in [3.05, 3.63) is 59.7 Å². The first-order valence-electron chi connectivity index (χ1n) is 6.28. The summed E-state index contributed by atoms with van der Waals surface area (Å²) in [5.74, 6) is -0.171. The fourth-order valence-electron chi connectivity index (χ4n) is 2.23. The number of allylic oxidation sites excluding steroid dienone is 1. The molecular weight excluding hydrogens is 224 g/mol. The largest absolute Gasteiger partial charge is 0.454 e. The molecule has 1 aromatic carbocycles. The van der Waals surface area contributed by atoms with Gasteiger partial charge in [0.05, 0.1) is 0 Å². The molecule has 2 heteroatoms. The fourth-order valence-corrected chi connectivity index (χ4v) is 2.23. The summed E-state index contributed by atoms with van der Waals surface area (Å²) in [4.78, 5) is 11.6. The van der Waals surface area contributed by atoms with E-state index in [2.05, 4.69) is 18.7 Å². The zero-order valence-corrected chi connectivity index (χ0v) is 10.7. The van der Waals surface area contributed by atoms with E-state index >= 15 is 0 Å². The van der Waals surface area contributed by atoms with Gasteiger partial charge in [-0.05, 0) is 37.3 Å². The maximum Gasteiger partial charge on any atom is 0.334 e. The molecule has 0 fully saturated rings. The zero-order chi connectivity index (χ0) is 13.0. The lowest BCUT2D eigenvalue weighted by atomic mass is 9.95. The molecule has 0 amide bonds. The van der Waals surface area contributed by atoms with Gasteiger partial charge in [0.25, 0.3) is 0 Å². The monoisotopic (exact) mass is 242 g/mol. The standard InChI is InChI=1S/C16H18O2/c1-3-4-10-15-14(12(2)16(17)18-15)11-13-8-6-5-7-9-13/h3,5-9,15H,1,4,10-11H2,2H3. The van der Waals surface area contributed by atoms with Crippen molar-refractivity contribution >= 4 is 5.97 Å². The summed E-state index contributed by atoms with van der Waals surface area (Å²) in [5, 5.41) is 0. The fraction of sp³-hybridized carbons (Fsp3) is 0.312. The lowest BCUT2D eigenvalue weighted by Gasteiger charge is -2.13. The molecule has 0 saturated carbocycles. The lowest BCUT2D eigenvalue weighted by Crippen LogP contribution is -2.12. The number of hydrogen-bond donors (Lipinski definition) is 0. The Morgan fingerprint density at radius 3 is 2.72 bits per heavy atom. The lowest BCUT2D eigenvalue weighted by molar-refractivity contribution is -0.139. The maximum absolute atomic E-state index is 11.6. The van der Waals surface area contributed by atoms with Crippen molar-refractivity contribution in [1.82, 2.24) is 0 Å². The van der Waals surface area contributed by atoms with Gasteiger partial charge in [-0.1, -0.05) is 36.4 Å². The quantitative estimate of drug-likeness (QED) is 0.584. The van der Waals surface area contributed by atoms with Crippen LogP contribution in [0.4, 0.5) is 0 Å². The van der Waals surface area contributed by atoms with E-state index in [1.54, 1.807) is 0 Å². The van der Waals surface area contributed by atoms with Gasteiger partial charge in [0.15, 0.2) is 0 Å². The molecule has 1 unspecified atom stereocenters. The van der Waals surface area contributed by atoms with Crippen LogP contribution in [0, 0.1) is 0 Å². The normalized spacial score (nSPS) is 18.9. The summed E-state index contributed by atoms with van der Waals surface area (Å²) in [5.41, 5.74) is 3.11. The molecule has 0 spiro atoms. The molecule has 1 aromatic rings. The summed E-state index contributed by atoms with van der Waals surface area (Å²) in [6.07, 6.45) is 4.27. The minimum absolute atomic E-state index is 0.0734. The summed E-state index contributed by atoms with van der Waals surface area (Å²) >= 11 is 0. The van der Waals surface area contributed by atoms with Crippen LogP contribution >= 0.6 is 0 Å². The van der Waals surface area contributed by atoms with Crippen LogP contribution < -0.4 is 0 Å². The van der Waals surface area contributed by atoms with Crippen LogP contribution in [-0.2, 0) is 16.0 Å². The van der Waals surface area contributed by atoms with Gasteiger partial charge < -0.3 is 4.74 Å². The van der Waals surface area contributed by atoms with Crippen LogP contribution in [0.2, 0.25) is 0 Å². The number of benzene rings is 1. The Bertz CT molecular complexity index is 471. The van der Waals surface area contributed by atoms with Gasteiger partial charge in [-0.25, -0.2) is 4.79 Å². The van der Waals surface area contributed by atoms with E-state index in [9.17, 15) is 4.79 Å². The summed E-state index contributed by atoms with van der Waals surface area (Å²) in [6.45, 7) is 5.57. The van der Waals surface area contributed by atoms with E-state index in [4.69, 9.17) is 4.74 Å². The van der Waals surface area contributed by atoms with Crippen molar-refractivity contribution < 1.29 is 9.53 Å². The number of hydrogen-bond acceptors (Lipinski definition) is 2. The Labute approximate surface area is 108 Å². The number of ether oxygens (including phenoxy) is 1. The van der Waals surface area contributed by atoms with Crippen molar-refractivity contribution in [2.75, 3.05) is 0 Å². The molecular formula is C16H18O2. The summed E-state index contributed by atoms with van der Waals surface area (Å²) < 4.78 is 5.40. The molecule has 0 bridgehead atoms. The molecule has 1 heterocycles. The molecule has 0 aromatic heterocycles. The van der Waals surface area contributed by atoms with Crippen molar-refractivity contribution in [1.29, 1.82) is 0 Å². The maximum atomic E-state index is 11.6. The number of rotatable bonds is 5. The molecule has 1 aliphatic heterocycles. The molecule has 2 nitrogen and oxygen atoms in total. The average Bonchev–Trinajstić information content (AvgIpc) is 2.65. The highest BCUT2D eigenvalue weighted by Crippen LogP contribution is 2.28. The predicted octanol–water partition coefficient (Wildman–Crippen LogP) is 3.44. The van der Waals surface area contributed by atoms with E-state index < -0.39 is 0 Å². The number of carbonyl (C=O) groups is 1. The highest BCUT2D eigenvalue weighted by molar-refractivity contribution is 5.91. The van der Waals surface area contributed by atoms with Gasteiger partial charge in [-0.15, -0.1) is 6.58 Å². The summed E-state index contributed by atoms with van der Waals surface area (Å²) in [6, 6.07) is 10.2. The van der Waals surface area contributed by atoms with Crippen molar-refractivity contribution in [3.8, 4) is 0 Å². The third-order valence-corrected chi connectivity index (χ3v) is 3.30. The van der Waals surface area contributed by atoms with E-state index in [1.165, 1.54) is 5.56 Å². The Kier molecular flexibility index (Phi) is 3.98. The molecule has 1 aliphatic rings. The molecule has 0 N–H and O–H groups in total. The molecule has 1 atom stereocenters. The smallest absolute Gasteiger partial charge is 0.334 e. The van der Waals surface area contributed by atoms with E-state index in [0.29, 0.717) is 0 Å². The highest BCUT2D eigenvalue weighted by Gasteiger charge is 2.30. The Morgan fingerprint density at radius 1 is 1.33 bits per heavy atom.